The van der Waals surface area contributed by atoms with Gasteiger partial charge >= 0.3 is 5.97 Å². The second kappa shape index (κ2) is 12.3. The number of aliphatic carboxylic acids is 1. The molecule has 3 aromatic carbocycles. The smallest absolute Gasteiger partial charge is 0.305 e. The molecule has 7 nitrogen and oxygen atoms in total. The molecule has 0 radical (unpaired) electrons. The summed E-state index contributed by atoms with van der Waals surface area (Å²) in [5, 5.41) is 12.9. The van der Waals surface area contributed by atoms with Crippen molar-refractivity contribution < 1.29 is 46.6 Å². The Balaban J connectivity index is 1.72. The summed E-state index contributed by atoms with van der Waals surface area (Å²) in [4.78, 5) is 49.8. The summed E-state index contributed by atoms with van der Waals surface area (Å²) in [6, 6.07) is 10.6. The summed E-state index contributed by atoms with van der Waals surface area (Å²) in [5.74, 6) is -13.5. The second-order valence-electron chi connectivity index (χ2n) is 8.47. The normalized spacial score (nSPS) is 12.6. The molecule has 0 aliphatic heterocycles. The van der Waals surface area contributed by atoms with E-state index in [1.54, 1.807) is 31.2 Å². The molecule has 38 heavy (non-hydrogen) atoms. The minimum absolute atomic E-state index is 0.0444. The van der Waals surface area contributed by atoms with Gasteiger partial charge in [0.2, 0.25) is 17.5 Å². The van der Waals surface area contributed by atoms with Crippen LogP contribution in [0.4, 0.5) is 17.6 Å². The number of Topliss-reactive ketones (excluding diaryl/α,β-unsaturated/α-hetero) is 2. The summed E-state index contributed by atoms with van der Waals surface area (Å²) in [7, 11) is 0. The predicted molar refractivity (Wildman–Crippen MR) is 128 cm³/mol. The summed E-state index contributed by atoms with van der Waals surface area (Å²) in [6.45, 7) is 0.433. The van der Waals surface area contributed by atoms with Gasteiger partial charge in [-0.25, -0.2) is 8.78 Å². The molecule has 0 heterocycles. The third kappa shape index (κ3) is 6.53. The van der Waals surface area contributed by atoms with Crippen LogP contribution in [0.15, 0.2) is 48.5 Å². The lowest BCUT2D eigenvalue weighted by atomic mass is 9.92. The largest absolute Gasteiger partial charge is 0.481 e. The number of halogens is 4. The number of hydrogen-bond acceptors (Lipinski definition) is 5. The predicted octanol–water partition coefficient (Wildman–Crippen LogP) is 4.60. The zero-order chi connectivity index (χ0) is 28.0. The highest BCUT2D eigenvalue weighted by atomic mass is 19.2. The molecule has 0 spiro atoms. The maximum Gasteiger partial charge on any atom is 0.305 e. The van der Waals surface area contributed by atoms with Crippen LogP contribution in [0.5, 0.6) is 5.75 Å². The average Bonchev–Trinajstić information content (AvgIpc) is 2.89. The fraction of sp³-hybridized carbons (Fsp3) is 0.259. The van der Waals surface area contributed by atoms with Crippen LogP contribution in [-0.2, 0) is 14.4 Å². The number of carbonyl (C=O) groups is 4. The summed E-state index contributed by atoms with van der Waals surface area (Å²) in [5.41, 5.74) is 0.396. The highest BCUT2D eigenvalue weighted by Gasteiger charge is 2.30. The number of rotatable bonds is 12. The van der Waals surface area contributed by atoms with E-state index in [0.29, 0.717) is 10.9 Å². The molecule has 200 valence electrons. The molecule has 1 unspecified atom stereocenters. The first-order chi connectivity index (χ1) is 18.0. The standard InChI is InChI=1S/C27H23F4NO6/c1-2-14(10-21(33)17-9-5-7-15-6-3-4-8-16(15)17)27(37)32-20(12-23(35)36)22(34)13-38-26-24(30)18(28)11-19(29)25(26)31/h3-9,11,14,20H,2,10,12-13H2,1H3,(H,32,37)(H,35,36)/t14?,20-/m0/s1. The first-order valence-corrected chi connectivity index (χ1v) is 11.5. The minimum Gasteiger partial charge on any atom is -0.481 e. The van der Waals surface area contributed by atoms with Crippen molar-refractivity contribution in [1.82, 2.24) is 5.32 Å². The number of amides is 1. The Labute approximate surface area is 214 Å². The Morgan fingerprint density at radius 3 is 2.18 bits per heavy atom. The molecule has 2 N–H and O–H groups in total. The quantitative estimate of drug-likeness (QED) is 0.200. The van der Waals surface area contributed by atoms with Gasteiger partial charge in [0.25, 0.3) is 0 Å². The van der Waals surface area contributed by atoms with E-state index < -0.39 is 71.7 Å². The zero-order valence-electron chi connectivity index (χ0n) is 20.1. The Kier molecular flexibility index (Phi) is 9.16. The molecule has 0 bridgehead atoms. The van der Waals surface area contributed by atoms with Crippen molar-refractivity contribution >= 4 is 34.2 Å². The van der Waals surface area contributed by atoms with Gasteiger partial charge in [-0.1, -0.05) is 49.4 Å². The third-order valence-electron chi connectivity index (χ3n) is 5.90. The summed E-state index contributed by atoms with van der Waals surface area (Å²) >= 11 is 0. The lowest BCUT2D eigenvalue weighted by Crippen LogP contribution is -2.46. The Hall–Kier alpha value is -4.28. The fourth-order valence-corrected chi connectivity index (χ4v) is 3.86. The monoisotopic (exact) mass is 533 g/mol. The summed E-state index contributed by atoms with van der Waals surface area (Å²) in [6.07, 6.45) is -0.976. The van der Waals surface area contributed by atoms with Crippen LogP contribution in [0, 0.1) is 29.2 Å². The van der Waals surface area contributed by atoms with E-state index in [1.807, 2.05) is 18.2 Å². The third-order valence-corrected chi connectivity index (χ3v) is 5.90. The van der Waals surface area contributed by atoms with E-state index in [2.05, 4.69) is 10.1 Å². The van der Waals surface area contributed by atoms with Crippen LogP contribution in [0.25, 0.3) is 10.8 Å². The lowest BCUT2D eigenvalue weighted by Gasteiger charge is -2.20. The number of nitrogens with one attached hydrogen (secondary N) is 1. The highest BCUT2D eigenvalue weighted by molar-refractivity contribution is 6.09. The van der Waals surface area contributed by atoms with E-state index in [9.17, 15) is 36.7 Å². The molecule has 0 aromatic heterocycles. The number of hydrogen-bond donors (Lipinski definition) is 2. The van der Waals surface area contributed by atoms with Crippen molar-refractivity contribution in [1.29, 1.82) is 0 Å². The van der Waals surface area contributed by atoms with Crippen LogP contribution in [0.1, 0.15) is 36.5 Å². The van der Waals surface area contributed by atoms with Crippen LogP contribution in [0.3, 0.4) is 0 Å². The molecule has 2 atom stereocenters. The van der Waals surface area contributed by atoms with Crippen molar-refractivity contribution in [3.8, 4) is 5.75 Å². The lowest BCUT2D eigenvalue weighted by molar-refractivity contribution is -0.140. The van der Waals surface area contributed by atoms with Gasteiger partial charge in [0.1, 0.15) is 12.6 Å². The SMILES string of the molecule is CCC(CC(=O)c1cccc2ccccc12)C(=O)N[C@@H](CC(=O)O)C(=O)COc1c(F)c(F)cc(F)c1F. The molecule has 1 amide bonds. The number of benzene rings is 3. The number of carbonyl (C=O) groups excluding carboxylic acids is 3. The Bertz CT molecular complexity index is 1360. The van der Waals surface area contributed by atoms with Crippen molar-refractivity contribution in [2.45, 2.75) is 32.2 Å². The molecule has 0 saturated heterocycles. The van der Waals surface area contributed by atoms with Crippen molar-refractivity contribution in [2.75, 3.05) is 6.61 Å². The van der Waals surface area contributed by atoms with Crippen LogP contribution in [-0.4, -0.2) is 41.2 Å². The van der Waals surface area contributed by atoms with Gasteiger partial charge in [0.05, 0.1) is 6.42 Å². The van der Waals surface area contributed by atoms with E-state index in [0.717, 1.165) is 5.39 Å². The summed E-state index contributed by atoms with van der Waals surface area (Å²) < 4.78 is 59.0. The van der Waals surface area contributed by atoms with Crippen molar-refractivity contribution in [3.05, 3.63) is 77.4 Å². The maximum absolute atomic E-state index is 13.8. The van der Waals surface area contributed by atoms with Crippen LogP contribution in [0.2, 0.25) is 0 Å². The molecule has 0 aliphatic rings. The Morgan fingerprint density at radius 2 is 1.55 bits per heavy atom. The van der Waals surface area contributed by atoms with Gasteiger partial charge in [-0.2, -0.15) is 8.78 Å². The van der Waals surface area contributed by atoms with Gasteiger partial charge < -0.3 is 15.2 Å². The van der Waals surface area contributed by atoms with E-state index in [1.165, 1.54) is 0 Å². The van der Waals surface area contributed by atoms with Crippen LogP contribution < -0.4 is 10.1 Å². The van der Waals surface area contributed by atoms with Crippen molar-refractivity contribution in [3.63, 3.8) is 0 Å². The minimum atomic E-state index is -1.88. The number of ether oxygens (including phenoxy) is 1. The van der Waals surface area contributed by atoms with E-state index in [-0.39, 0.29) is 24.7 Å². The molecule has 11 heteroatoms. The highest BCUT2D eigenvalue weighted by Crippen LogP contribution is 2.27. The molecule has 0 aliphatic carbocycles. The molecule has 0 fully saturated rings. The topological polar surface area (TPSA) is 110 Å². The Morgan fingerprint density at radius 1 is 0.921 bits per heavy atom. The number of carboxylic acids is 1. The van der Waals surface area contributed by atoms with Gasteiger partial charge in [-0.05, 0) is 17.2 Å². The van der Waals surface area contributed by atoms with Gasteiger partial charge in [0, 0.05) is 24.0 Å². The van der Waals surface area contributed by atoms with E-state index >= 15 is 0 Å². The first kappa shape index (κ1) is 28.3. The number of carboxylic acid groups (broad SMARTS) is 1. The maximum atomic E-state index is 13.8. The second-order valence-corrected chi connectivity index (χ2v) is 8.47. The first-order valence-electron chi connectivity index (χ1n) is 11.5. The van der Waals surface area contributed by atoms with Gasteiger partial charge in [-0.3, -0.25) is 19.2 Å². The zero-order valence-corrected chi connectivity index (χ0v) is 20.1. The molecule has 3 aromatic rings. The molecular weight excluding hydrogens is 510 g/mol. The van der Waals surface area contributed by atoms with Crippen LogP contribution >= 0.6 is 0 Å². The molecule has 0 saturated carbocycles. The van der Waals surface area contributed by atoms with E-state index in [4.69, 9.17) is 5.11 Å². The number of ketones is 2. The van der Waals surface area contributed by atoms with Crippen molar-refractivity contribution in [2.24, 2.45) is 5.92 Å². The number of fused-ring (bicyclic) bond motifs is 1. The van der Waals surface area contributed by atoms with Gasteiger partial charge in [0.15, 0.2) is 29.0 Å². The average molecular weight is 533 g/mol. The van der Waals surface area contributed by atoms with Gasteiger partial charge in [-0.15, -0.1) is 0 Å². The molecule has 3 rings (SSSR count). The fourth-order valence-electron chi connectivity index (χ4n) is 3.86. The molecular formula is C27H23F4NO6.